The molecule has 2 aliphatic heterocycles. The van der Waals surface area contributed by atoms with Gasteiger partial charge in [0.2, 0.25) is 5.78 Å². The van der Waals surface area contributed by atoms with E-state index < -0.39 is 11.9 Å². The van der Waals surface area contributed by atoms with E-state index in [0.717, 1.165) is 28.7 Å². The summed E-state index contributed by atoms with van der Waals surface area (Å²) in [4.78, 5) is 61.9. The predicted octanol–water partition coefficient (Wildman–Crippen LogP) is 4.16. The third kappa shape index (κ3) is 6.88. The number of fused-ring (bicyclic) bond motifs is 2. The van der Waals surface area contributed by atoms with Gasteiger partial charge in [0.1, 0.15) is 18.1 Å². The van der Waals surface area contributed by atoms with Gasteiger partial charge in [0, 0.05) is 63.2 Å². The number of hydrogen-bond donors (Lipinski definition) is 1. The molecule has 49 heavy (non-hydrogen) atoms. The highest BCUT2D eigenvalue weighted by atomic mass is 16.5. The maximum atomic E-state index is 13.3. The Balaban J connectivity index is 1.01. The molecule has 2 amide bonds. The van der Waals surface area contributed by atoms with Crippen molar-refractivity contribution in [2.45, 2.75) is 25.8 Å². The van der Waals surface area contributed by atoms with Crippen LogP contribution in [0, 0.1) is 12.8 Å². The Morgan fingerprint density at radius 1 is 1.00 bits per heavy atom. The van der Waals surface area contributed by atoms with Gasteiger partial charge in [-0.2, -0.15) is 0 Å². The van der Waals surface area contributed by atoms with Crippen LogP contribution < -0.4 is 10.1 Å². The summed E-state index contributed by atoms with van der Waals surface area (Å²) < 4.78 is 19.3. The number of nitrogens with one attached hydrogen (secondary N) is 1. The lowest BCUT2D eigenvalue weighted by atomic mass is 10.0. The smallest absolute Gasteiger partial charge is 0.354 e. The second kappa shape index (κ2) is 13.9. The van der Waals surface area contributed by atoms with Crippen molar-refractivity contribution in [1.82, 2.24) is 19.0 Å². The molecule has 6 rings (SSSR count). The number of esters is 1. The molecule has 2 atom stereocenters. The average molecular weight is 667 g/mol. The molecule has 0 spiro atoms. The third-order valence-corrected chi connectivity index (χ3v) is 8.96. The molecule has 2 aromatic heterocycles. The number of Topliss-reactive ketones (excluding diaryl/α,β-unsaturated/α-hetero) is 1. The van der Waals surface area contributed by atoms with Crippen LogP contribution in [0.2, 0.25) is 0 Å². The number of aromatic nitrogens is 3. The van der Waals surface area contributed by atoms with Crippen molar-refractivity contribution in [3.63, 3.8) is 0 Å². The maximum absolute atomic E-state index is 13.3. The lowest BCUT2D eigenvalue weighted by Gasteiger charge is -2.23. The maximum Gasteiger partial charge on any atom is 0.354 e. The standard InChI is InChI=1S/C36H38N6O7/c1-21-12-26-27(15-31(21)47-4)37-16-29-24(10-11-42(29)35(26)45)19-49-20-33(44)38-32-18-41(3)34(39-32)30(43)13-22-6-8-23(9-7-22)25-14-28(36(46)48-5)40(2)17-25/h6-9,12,14-18,24,29H,10-11,13,19-20H2,1-5H3,(H,38,44)/t24-,29+/m0/s1. The first-order valence-electron chi connectivity index (χ1n) is 15.9. The number of nitrogens with zero attached hydrogens (tertiary/aromatic N) is 5. The topological polar surface area (TPSA) is 146 Å². The molecule has 1 fully saturated rings. The predicted molar refractivity (Wildman–Crippen MR) is 182 cm³/mol. The van der Waals surface area contributed by atoms with Crippen molar-refractivity contribution >= 4 is 41.3 Å². The second-order valence-electron chi connectivity index (χ2n) is 12.3. The first-order chi connectivity index (χ1) is 23.6. The second-order valence-corrected chi connectivity index (χ2v) is 12.3. The summed E-state index contributed by atoms with van der Waals surface area (Å²) in [5.74, 6) is 0.0108. The molecule has 0 aliphatic carbocycles. The lowest BCUT2D eigenvalue weighted by molar-refractivity contribution is -0.121. The SMILES string of the molecule is COC(=O)c1cc(-c2ccc(CC(=O)c3nc(NC(=O)COC[C@@H]4CCN5C(=O)c6cc(C)c(OC)cc6N=C[C@H]45)cn3C)cc2)cn1C. The van der Waals surface area contributed by atoms with E-state index in [4.69, 9.17) is 14.2 Å². The van der Waals surface area contributed by atoms with Crippen LogP contribution in [0.5, 0.6) is 5.75 Å². The van der Waals surface area contributed by atoms with Crippen LogP contribution >= 0.6 is 0 Å². The lowest BCUT2D eigenvalue weighted by Crippen LogP contribution is -2.39. The van der Waals surface area contributed by atoms with Crippen molar-refractivity contribution in [1.29, 1.82) is 0 Å². The normalized spacial score (nSPS) is 16.6. The number of carbonyl (C=O) groups excluding carboxylic acids is 4. The first-order valence-corrected chi connectivity index (χ1v) is 15.9. The van der Waals surface area contributed by atoms with Crippen LogP contribution in [0.4, 0.5) is 11.5 Å². The number of hydrogen-bond acceptors (Lipinski definition) is 9. The number of aliphatic imine (C=N–C) groups is 1. The summed E-state index contributed by atoms with van der Waals surface area (Å²) in [5.41, 5.74) is 4.98. The van der Waals surface area contributed by atoms with E-state index in [1.807, 2.05) is 48.4 Å². The molecule has 4 heterocycles. The van der Waals surface area contributed by atoms with E-state index in [1.54, 1.807) is 54.9 Å². The Kier molecular flexibility index (Phi) is 9.45. The third-order valence-electron chi connectivity index (χ3n) is 8.96. The number of amides is 2. The molecule has 2 aromatic carbocycles. The summed E-state index contributed by atoms with van der Waals surface area (Å²) in [6, 6.07) is 12.6. The molecule has 0 unspecified atom stereocenters. The van der Waals surface area contributed by atoms with Crippen LogP contribution in [0.1, 0.15) is 49.0 Å². The van der Waals surface area contributed by atoms with Gasteiger partial charge in [-0.1, -0.05) is 24.3 Å². The molecule has 0 bridgehead atoms. The van der Waals surface area contributed by atoms with Crippen molar-refractivity contribution in [3.8, 4) is 16.9 Å². The molecule has 1 saturated heterocycles. The number of benzene rings is 2. The zero-order valence-corrected chi connectivity index (χ0v) is 28.1. The Labute approximate surface area is 283 Å². The number of methoxy groups -OCH3 is 2. The molecule has 2 aliphatic rings. The van der Waals surface area contributed by atoms with E-state index in [1.165, 1.54) is 7.11 Å². The molecule has 4 aromatic rings. The zero-order valence-electron chi connectivity index (χ0n) is 28.1. The monoisotopic (exact) mass is 666 g/mol. The van der Waals surface area contributed by atoms with Crippen molar-refractivity contribution in [3.05, 3.63) is 83.1 Å². The minimum absolute atomic E-state index is 0.0176. The van der Waals surface area contributed by atoms with E-state index >= 15 is 0 Å². The summed E-state index contributed by atoms with van der Waals surface area (Å²) in [6.07, 6.45) is 6.06. The van der Waals surface area contributed by atoms with Gasteiger partial charge in [-0.05, 0) is 42.2 Å². The summed E-state index contributed by atoms with van der Waals surface area (Å²) in [6.45, 7) is 2.53. The van der Waals surface area contributed by atoms with Crippen LogP contribution in [0.25, 0.3) is 11.1 Å². The highest BCUT2D eigenvalue weighted by Gasteiger charge is 2.39. The summed E-state index contributed by atoms with van der Waals surface area (Å²) in [5, 5.41) is 2.71. The molecular weight excluding hydrogens is 628 g/mol. The molecule has 1 N–H and O–H groups in total. The van der Waals surface area contributed by atoms with Crippen LogP contribution in [-0.4, -0.2) is 88.8 Å². The van der Waals surface area contributed by atoms with E-state index in [-0.39, 0.29) is 54.9 Å². The minimum atomic E-state index is -0.414. The van der Waals surface area contributed by atoms with Crippen molar-refractivity contribution < 1.29 is 33.4 Å². The van der Waals surface area contributed by atoms with Gasteiger partial charge in [0.05, 0.1) is 38.1 Å². The van der Waals surface area contributed by atoms with E-state index in [0.29, 0.717) is 29.2 Å². The highest BCUT2D eigenvalue weighted by Crippen LogP contribution is 2.35. The number of aryl methyl sites for hydroxylation is 3. The zero-order chi connectivity index (χ0) is 34.8. The molecule has 0 saturated carbocycles. The van der Waals surface area contributed by atoms with Crippen LogP contribution in [0.3, 0.4) is 0 Å². The van der Waals surface area contributed by atoms with Gasteiger partial charge < -0.3 is 33.6 Å². The fourth-order valence-corrected chi connectivity index (χ4v) is 6.36. The van der Waals surface area contributed by atoms with Crippen LogP contribution in [0.15, 0.2) is 59.9 Å². The molecular formula is C36H38N6O7. The Bertz CT molecular complexity index is 1960. The molecule has 13 heteroatoms. The number of rotatable bonds is 11. The summed E-state index contributed by atoms with van der Waals surface area (Å²) in [7, 11) is 6.40. The van der Waals surface area contributed by atoms with E-state index in [9.17, 15) is 19.2 Å². The summed E-state index contributed by atoms with van der Waals surface area (Å²) >= 11 is 0. The number of carbonyl (C=O) groups is 4. The Morgan fingerprint density at radius 2 is 1.78 bits per heavy atom. The fraction of sp³-hybridized carbons (Fsp3) is 0.333. The van der Waals surface area contributed by atoms with Gasteiger partial charge in [-0.3, -0.25) is 19.4 Å². The van der Waals surface area contributed by atoms with E-state index in [2.05, 4.69) is 15.3 Å². The highest BCUT2D eigenvalue weighted by molar-refractivity contribution is 6.03. The quantitative estimate of drug-likeness (QED) is 0.186. The Hall–Kier alpha value is -5.56. The number of ketones is 1. The number of ether oxygens (including phenoxy) is 3. The largest absolute Gasteiger partial charge is 0.496 e. The molecule has 254 valence electrons. The van der Waals surface area contributed by atoms with Gasteiger partial charge in [-0.15, -0.1) is 0 Å². The first kappa shape index (κ1) is 33.3. The van der Waals surface area contributed by atoms with Gasteiger partial charge >= 0.3 is 5.97 Å². The van der Waals surface area contributed by atoms with Crippen LogP contribution in [-0.2, 0) is 34.8 Å². The Morgan fingerprint density at radius 3 is 2.51 bits per heavy atom. The number of imidazole rings is 1. The van der Waals surface area contributed by atoms with Gasteiger partial charge in [0.15, 0.2) is 11.6 Å². The average Bonchev–Trinajstić information content (AvgIpc) is 3.77. The van der Waals surface area contributed by atoms with Gasteiger partial charge in [0.25, 0.3) is 11.8 Å². The van der Waals surface area contributed by atoms with Gasteiger partial charge in [-0.25, -0.2) is 9.78 Å². The van der Waals surface area contributed by atoms with Crippen molar-refractivity contribution in [2.24, 2.45) is 25.0 Å². The van der Waals surface area contributed by atoms with Crippen molar-refractivity contribution in [2.75, 3.05) is 39.3 Å². The number of anilines is 1. The fourth-order valence-electron chi connectivity index (χ4n) is 6.36. The molecule has 13 nitrogen and oxygen atoms in total. The molecule has 0 radical (unpaired) electrons. The minimum Gasteiger partial charge on any atom is -0.496 e.